The Morgan fingerprint density at radius 1 is 1.28 bits per heavy atom. The van der Waals surface area contributed by atoms with Gasteiger partial charge in [-0.05, 0) is 25.9 Å². The summed E-state index contributed by atoms with van der Waals surface area (Å²) in [5.74, 6) is 0.629. The lowest BCUT2D eigenvalue weighted by Gasteiger charge is -2.18. The first-order chi connectivity index (χ1) is 8.56. The van der Waals surface area contributed by atoms with Crippen molar-refractivity contribution >= 4 is 5.69 Å². The van der Waals surface area contributed by atoms with E-state index in [1.54, 1.807) is 0 Å². The van der Waals surface area contributed by atoms with Crippen LogP contribution in [-0.2, 0) is 6.54 Å². The Hall–Kier alpha value is -1.03. The zero-order valence-corrected chi connectivity index (χ0v) is 12.5. The molecular weight excluding hydrogens is 224 g/mol. The van der Waals surface area contributed by atoms with E-state index in [2.05, 4.69) is 56.1 Å². The first kappa shape index (κ1) is 15.0. The highest BCUT2D eigenvalue weighted by molar-refractivity contribution is 5.39. The molecule has 104 valence electrons. The van der Waals surface area contributed by atoms with E-state index in [1.165, 1.54) is 0 Å². The van der Waals surface area contributed by atoms with Crippen molar-refractivity contribution in [2.75, 3.05) is 25.0 Å². The average molecular weight is 252 g/mol. The summed E-state index contributed by atoms with van der Waals surface area (Å²) in [7, 11) is 0. The fourth-order valence-corrected chi connectivity index (χ4v) is 1.77. The lowest BCUT2D eigenvalue weighted by molar-refractivity contribution is 0.285. The molecule has 1 atom stereocenters. The predicted molar refractivity (Wildman–Crippen MR) is 77.9 cm³/mol. The van der Waals surface area contributed by atoms with Gasteiger partial charge in [0.15, 0.2) is 0 Å². The van der Waals surface area contributed by atoms with Crippen LogP contribution in [0.4, 0.5) is 5.69 Å². The van der Waals surface area contributed by atoms with E-state index in [0.29, 0.717) is 12.0 Å². The maximum absolute atomic E-state index is 4.40. The Balaban J connectivity index is 2.43. The molecule has 0 saturated heterocycles. The van der Waals surface area contributed by atoms with Crippen molar-refractivity contribution in [3.05, 3.63) is 12.4 Å². The number of hydrogen-bond donors (Lipinski definition) is 1. The van der Waals surface area contributed by atoms with Crippen LogP contribution in [0.2, 0.25) is 0 Å². The smallest absolute Gasteiger partial charge is 0.0728 e. The van der Waals surface area contributed by atoms with Gasteiger partial charge in [-0.3, -0.25) is 4.68 Å². The van der Waals surface area contributed by atoms with Crippen molar-refractivity contribution in [3.8, 4) is 0 Å². The summed E-state index contributed by atoms with van der Waals surface area (Å²) in [5.41, 5.74) is 1.12. The van der Waals surface area contributed by atoms with Crippen LogP contribution < -0.4 is 5.32 Å². The van der Waals surface area contributed by atoms with Crippen molar-refractivity contribution < 1.29 is 0 Å². The van der Waals surface area contributed by atoms with Crippen LogP contribution in [0.25, 0.3) is 0 Å². The molecule has 0 spiro atoms. The maximum atomic E-state index is 4.40. The Labute approximate surface area is 111 Å². The number of nitrogens with one attached hydrogen (secondary N) is 1. The summed E-state index contributed by atoms with van der Waals surface area (Å²) >= 11 is 0. The molecular formula is C14H28N4. The highest BCUT2D eigenvalue weighted by atomic mass is 15.3. The van der Waals surface area contributed by atoms with Crippen LogP contribution in [-0.4, -0.2) is 40.4 Å². The number of likely N-dealkylation sites (N-methyl/N-ethyl adjacent to an activating group) is 1. The number of nitrogens with zero attached hydrogens (tertiary/aromatic N) is 3. The number of hydrogen-bond acceptors (Lipinski definition) is 3. The van der Waals surface area contributed by atoms with Gasteiger partial charge in [-0.2, -0.15) is 5.10 Å². The minimum Gasteiger partial charge on any atom is -0.380 e. The average Bonchev–Trinajstić information content (AvgIpc) is 2.78. The van der Waals surface area contributed by atoms with Crippen LogP contribution in [0.5, 0.6) is 0 Å². The molecule has 0 radical (unpaired) electrons. The van der Waals surface area contributed by atoms with Crippen LogP contribution in [0.1, 0.15) is 34.6 Å². The largest absolute Gasteiger partial charge is 0.380 e. The predicted octanol–water partition coefficient (Wildman–Crippen LogP) is 2.68. The molecule has 0 aromatic carbocycles. The summed E-state index contributed by atoms with van der Waals surface area (Å²) in [6.07, 6.45) is 4.02. The van der Waals surface area contributed by atoms with Gasteiger partial charge in [-0.1, -0.05) is 27.7 Å². The quantitative estimate of drug-likeness (QED) is 0.772. The van der Waals surface area contributed by atoms with Gasteiger partial charge < -0.3 is 10.2 Å². The summed E-state index contributed by atoms with van der Waals surface area (Å²) in [5, 5.41) is 7.88. The molecule has 0 aliphatic rings. The minimum atomic E-state index is 0.477. The molecule has 0 bridgehead atoms. The summed E-state index contributed by atoms with van der Waals surface area (Å²) in [6.45, 7) is 15.3. The highest BCUT2D eigenvalue weighted by Gasteiger charge is 2.08. The van der Waals surface area contributed by atoms with Crippen molar-refractivity contribution in [2.24, 2.45) is 5.92 Å². The van der Waals surface area contributed by atoms with E-state index >= 15 is 0 Å². The Bertz CT molecular complexity index is 328. The molecule has 0 aliphatic heterocycles. The van der Waals surface area contributed by atoms with Gasteiger partial charge in [0, 0.05) is 18.8 Å². The fraction of sp³-hybridized carbons (Fsp3) is 0.786. The monoisotopic (exact) mass is 252 g/mol. The van der Waals surface area contributed by atoms with E-state index < -0.39 is 0 Å². The first-order valence-corrected chi connectivity index (χ1v) is 7.08. The Morgan fingerprint density at radius 2 is 1.94 bits per heavy atom. The third-order valence-electron chi connectivity index (χ3n) is 3.57. The molecule has 0 aliphatic carbocycles. The van der Waals surface area contributed by atoms with Gasteiger partial charge in [0.1, 0.15) is 0 Å². The second-order valence-corrected chi connectivity index (χ2v) is 5.20. The molecule has 0 amide bonds. The first-order valence-electron chi connectivity index (χ1n) is 7.08. The van der Waals surface area contributed by atoms with Gasteiger partial charge >= 0.3 is 0 Å². The molecule has 18 heavy (non-hydrogen) atoms. The normalized spacial score (nSPS) is 13.3. The van der Waals surface area contributed by atoms with Crippen molar-refractivity contribution in [2.45, 2.75) is 47.2 Å². The molecule has 4 heteroatoms. The molecule has 1 aromatic heterocycles. The van der Waals surface area contributed by atoms with E-state index in [4.69, 9.17) is 0 Å². The summed E-state index contributed by atoms with van der Waals surface area (Å²) < 4.78 is 2.02. The van der Waals surface area contributed by atoms with E-state index in [9.17, 15) is 0 Å². The third-order valence-corrected chi connectivity index (χ3v) is 3.57. The zero-order valence-electron chi connectivity index (χ0n) is 12.5. The van der Waals surface area contributed by atoms with Gasteiger partial charge in [0.2, 0.25) is 0 Å². The van der Waals surface area contributed by atoms with Crippen LogP contribution in [0, 0.1) is 5.92 Å². The van der Waals surface area contributed by atoms with E-state index in [-0.39, 0.29) is 0 Å². The number of rotatable bonds is 8. The van der Waals surface area contributed by atoms with Gasteiger partial charge in [-0.25, -0.2) is 0 Å². The molecule has 1 heterocycles. The third kappa shape index (κ3) is 4.69. The standard InChI is InChI=1S/C14H28N4/c1-6-17(7-2)8-9-18-11-14(10-15-18)16-13(5)12(3)4/h10-13,16H,6-9H2,1-5H3. The Morgan fingerprint density at radius 3 is 2.50 bits per heavy atom. The molecule has 1 N–H and O–H groups in total. The lowest BCUT2D eigenvalue weighted by Crippen LogP contribution is -2.27. The van der Waals surface area contributed by atoms with Crippen molar-refractivity contribution in [3.63, 3.8) is 0 Å². The van der Waals surface area contributed by atoms with Crippen LogP contribution in [0.3, 0.4) is 0 Å². The molecule has 0 fully saturated rings. The molecule has 1 rings (SSSR count). The molecule has 1 aromatic rings. The number of anilines is 1. The molecule has 1 unspecified atom stereocenters. The summed E-state index contributed by atoms with van der Waals surface area (Å²) in [4.78, 5) is 2.41. The molecule has 4 nitrogen and oxygen atoms in total. The number of aromatic nitrogens is 2. The van der Waals surface area contributed by atoms with Crippen molar-refractivity contribution in [1.82, 2.24) is 14.7 Å². The van der Waals surface area contributed by atoms with E-state index in [1.807, 2.05) is 10.9 Å². The van der Waals surface area contributed by atoms with Gasteiger partial charge in [0.05, 0.1) is 18.4 Å². The maximum Gasteiger partial charge on any atom is 0.0728 e. The Kier molecular flexibility index (Phi) is 6.19. The topological polar surface area (TPSA) is 33.1 Å². The minimum absolute atomic E-state index is 0.477. The van der Waals surface area contributed by atoms with E-state index in [0.717, 1.165) is 31.9 Å². The van der Waals surface area contributed by atoms with Gasteiger partial charge in [0.25, 0.3) is 0 Å². The highest BCUT2D eigenvalue weighted by Crippen LogP contribution is 2.11. The van der Waals surface area contributed by atoms with Crippen LogP contribution >= 0.6 is 0 Å². The van der Waals surface area contributed by atoms with Gasteiger partial charge in [-0.15, -0.1) is 0 Å². The fourth-order valence-electron chi connectivity index (χ4n) is 1.77. The second kappa shape index (κ2) is 7.41. The zero-order chi connectivity index (χ0) is 13.5. The SMILES string of the molecule is CCN(CC)CCn1cc(NC(C)C(C)C)cn1. The van der Waals surface area contributed by atoms with Crippen molar-refractivity contribution in [1.29, 1.82) is 0 Å². The molecule has 0 saturated carbocycles. The van der Waals surface area contributed by atoms with Crippen LogP contribution in [0.15, 0.2) is 12.4 Å². The lowest BCUT2D eigenvalue weighted by atomic mass is 10.1. The summed E-state index contributed by atoms with van der Waals surface area (Å²) in [6, 6.07) is 0.477. The second-order valence-electron chi connectivity index (χ2n) is 5.20.